The van der Waals surface area contributed by atoms with Gasteiger partial charge in [0.1, 0.15) is 0 Å². The van der Waals surface area contributed by atoms with Gasteiger partial charge in [0.15, 0.2) is 0 Å². The van der Waals surface area contributed by atoms with E-state index in [2.05, 4.69) is 37.1 Å². The fraction of sp³-hybridized carbons (Fsp3) is 0.615. The number of carbonyl (C=O) groups excluding carboxylic acids is 1. The number of benzene rings is 1. The van der Waals surface area contributed by atoms with E-state index < -0.39 is 0 Å². The van der Waals surface area contributed by atoms with E-state index in [1.54, 1.807) is 6.92 Å². The molecule has 2 aliphatic carbocycles. The second-order valence-electron chi connectivity index (χ2n) is 8.87. The van der Waals surface area contributed by atoms with Crippen LogP contribution in [0.1, 0.15) is 84.9 Å². The summed E-state index contributed by atoms with van der Waals surface area (Å²) >= 11 is 0. The van der Waals surface area contributed by atoms with Gasteiger partial charge in [-0.2, -0.15) is 0 Å². The molecule has 4 rings (SSSR count). The zero-order valence-electron chi connectivity index (χ0n) is 19.8. The van der Waals surface area contributed by atoms with Gasteiger partial charge in [0.25, 0.3) is 0 Å². The maximum absolute atomic E-state index is 11.3. The second-order valence-corrected chi connectivity index (χ2v) is 8.87. The predicted molar refractivity (Wildman–Crippen MR) is 134 cm³/mol. The van der Waals surface area contributed by atoms with Crippen molar-refractivity contribution in [2.24, 2.45) is 4.99 Å². The number of rotatable bonds is 2. The Balaban J connectivity index is 0.000000575. The highest BCUT2D eigenvalue weighted by molar-refractivity contribution is 5.91. The molecule has 1 unspecified atom stereocenters. The Labute approximate surface area is 190 Å². The van der Waals surface area contributed by atoms with Crippen LogP contribution in [0.15, 0.2) is 22.2 Å². The summed E-state index contributed by atoms with van der Waals surface area (Å²) in [6, 6.07) is 2.83. The summed E-state index contributed by atoms with van der Waals surface area (Å²) < 4.78 is 5.55. The van der Waals surface area contributed by atoms with Crippen molar-refractivity contribution in [1.29, 1.82) is 0 Å². The lowest BCUT2D eigenvalue weighted by molar-refractivity contribution is -0.114. The van der Waals surface area contributed by atoms with Crippen LogP contribution in [-0.2, 0) is 35.2 Å². The molecular weight excluding hydrogens is 388 g/mol. The van der Waals surface area contributed by atoms with Crippen molar-refractivity contribution in [3.8, 4) is 0 Å². The molecule has 31 heavy (non-hydrogen) atoms. The number of hydrogen-bond donors (Lipinski definition) is 1. The zero-order valence-corrected chi connectivity index (χ0v) is 19.8. The van der Waals surface area contributed by atoms with Crippen molar-refractivity contribution in [2.45, 2.75) is 91.5 Å². The van der Waals surface area contributed by atoms with Gasteiger partial charge in [-0.25, -0.2) is 0 Å². The molecule has 1 atom stereocenters. The number of nitrogens with zero attached hydrogens (tertiary/aromatic N) is 1. The van der Waals surface area contributed by atoms with Gasteiger partial charge in [0.2, 0.25) is 5.91 Å². The minimum absolute atomic E-state index is 0. The van der Waals surface area contributed by atoms with Crippen molar-refractivity contribution in [2.75, 3.05) is 18.5 Å². The number of carbonyl (C=O) groups is 1. The Kier molecular flexibility index (Phi) is 9.92. The van der Waals surface area contributed by atoms with Crippen molar-refractivity contribution in [3.05, 3.63) is 39.5 Å². The fourth-order valence-corrected chi connectivity index (χ4v) is 4.60. The Morgan fingerprint density at radius 1 is 1.10 bits per heavy atom. The highest BCUT2D eigenvalue weighted by atomic mass is 16.5. The van der Waals surface area contributed by atoms with Crippen molar-refractivity contribution in [1.82, 2.24) is 0 Å². The molecule has 5 heteroatoms. The Bertz CT molecular complexity index is 805. The van der Waals surface area contributed by atoms with Gasteiger partial charge >= 0.3 is 0 Å². The summed E-state index contributed by atoms with van der Waals surface area (Å²) in [5.74, 6) is 0.0643. The quantitative estimate of drug-likeness (QED) is 0.690. The molecule has 0 aromatic heterocycles. The lowest BCUT2D eigenvalue weighted by Crippen LogP contribution is -2.11. The first-order chi connectivity index (χ1) is 14.5. The van der Waals surface area contributed by atoms with Crippen LogP contribution in [-0.4, -0.2) is 36.9 Å². The van der Waals surface area contributed by atoms with Gasteiger partial charge in [-0.1, -0.05) is 18.6 Å². The monoisotopic (exact) mass is 432 g/mol. The van der Waals surface area contributed by atoms with E-state index in [0.29, 0.717) is 6.04 Å². The lowest BCUT2D eigenvalue weighted by atomic mass is 9.99. The average Bonchev–Trinajstić information content (AvgIpc) is 3.38. The summed E-state index contributed by atoms with van der Waals surface area (Å²) in [5.41, 5.74) is 9.63. The smallest absolute Gasteiger partial charge is 0.221 e. The maximum atomic E-state index is 11.3. The van der Waals surface area contributed by atoms with Crippen LogP contribution in [0.25, 0.3) is 0 Å². The molecule has 0 spiro atoms. The summed E-state index contributed by atoms with van der Waals surface area (Å²) in [5, 5.41) is 3.07. The summed E-state index contributed by atoms with van der Waals surface area (Å²) in [6.45, 7) is 9.78. The number of allylic oxidation sites excluding steroid dienone is 1. The van der Waals surface area contributed by atoms with Crippen molar-refractivity contribution in [3.63, 3.8) is 0 Å². The van der Waals surface area contributed by atoms with Gasteiger partial charge in [0, 0.05) is 28.3 Å². The number of anilines is 1. The molecule has 5 nitrogen and oxygen atoms in total. The van der Waals surface area contributed by atoms with E-state index in [1.165, 1.54) is 59.1 Å². The molecule has 1 aliphatic heterocycles. The molecule has 0 saturated heterocycles. The summed E-state index contributed by atoms with van der Waals surface area (Å²) in [4.78, 5) is 15.9. The van der Waals surface area contributed by atoms with Crippen molar-refractivity contribution >= 4 is 17.8 Å². The average molecular weight is 433 g/mol. The Morgan fingerprint density at radius 2 is 1.74 bits per heavy atom. The minimum atomic E-state index is 0. The summed E-state index contributed by atoms with van der Waals surface area (Å²) in [6.07, 6.45) is 12.4. The third-order valence-electron chi connectivity index (χ3n) is 6.61. The standard InChI is InChI=1S/C14H17NO.C12H21NO.H2O.2H2/c1-9(16)15-14-12-6-2-4-10(12)8-11-5-3-7-13(11)14;1-4-12-6-8-14-7-5-10(2)11(3)9-13-12;;;/h8H,2-7H2,1H3,(H,15,16);9,12H,4-8H2,1-3H3;1H2;2*1H/b;11-10+,13-9?;;;. The molecule has 1 aromatic carbocycles. The number of hydrogen-bond acceptors (Lipinski definition) is 3. The van der Waals surface area contributed by atoms with Crippen LogP contribution in [0.3, 0.4) is 0 Å². The molecule has 3 aliphatic rings. The van der Waals surface area contributed by atoms with E-state index in [-0.39, 0.29) is 14.2 Å². The predicted octanol–water partition coefficient (Wildman–Crippen LogP) is 5.27. The number of nitrogens with one attached hydrogen (secondary N) is 1. The van der Waals surface area contributed by atoms with E-state index in [1.807, 2.05) is 6.21 Å². The highest BCUT2D eigenvalue weighted by Gasteiger charge is 2.24. The lowest BCUT2D eigenvalue weighted by Gasteiger charge is -2.14. The van der Waals surface area contributed by atoms with Gasteiger partial charge in [-0.05, 0) is 99.5 Å². The largest absolute Gasteiger partial charge is 0.412 e. The van der Waals surface area contributed by atoms with Crippen LogP contribution in [0, 0.1) is 0 Å². The fourth-order valence-electron chi connectivity index (χ4n) is 4.60. The maximum Gasteiger partial charge on any atom is 0.221 e. The number of amides is 1. The molecule has 176 valence electrons. The molecule has 0 fully saturated rings. The van der Waals surface area contributed by atoms with Gasteiger partial charge in [-0.15, -0.1) is 0 Å². The molecule has 0 radical (unpaired) electrons. The van der Waals surface area contributed by atoms with Crippen LogP contribution < -0.4 is 5.32 Å². The van der Waals surface area contributed by atoms with E-state index in [9.17, 15) is 4.79 Å². The molecule has 1 heterocycles. The van der Waals surface area contributed by atoms with E-state index in [0.717, 1.165) is 51.0 Å². The Morgan fingerprint density at radius 3 is 2.32 bits per heavy atom. The first-order valence-electron chi connectivity index (χ1n) is 11.7. The second kappa shape index (κ2) is 12.2. The first-order valence-corrected chi connectivity index (χ1v) is 11.7. The normalized spacial score (nSPS) is 22.5. The molecule has 1 amide bonds. The topological polar surface area (TPSA) is 82.2 Å². The zero-order chi connectivity index (χ0) is 21.5. The van der Waals surface area contributed by atoms with Crippen LogP contribution in [0.5, 0.6) is 0 Å². The molecule has 0 bridgehead atoms. The molecule has 3 N–H and O–H groups in total. The number of fused-ring (bicyclic) bond motifs is 2. The number of ether oxygens (including phenoxy) is 1. The third-order valence-corrected chi connectivity index (χ3v) is 6.61. The van der Waals surface area contributed by atoms with Gasteiger partial charge < -0.3 is 15.5 Å². The van der Waals surface area contributed by atoms with E-state index in [4.69, 9.17) is 4.74 Å². The Hall–Kier alpha value is -1.98. The summed E-state index contributed by atoms with van der Waals surface area (Å²) in [7, 11) is 0. The molecule has 1 aromatic rings. The van der Waals surface area contributed by atoms with Crippen LogP contribution in [0.2, 0.25) is 0 Å². The number of aliphatic imine (C=N–C) groups is 1. The minimum Gasteiger partial charge on any atom is -0.412 e. The SMILES string of the molecule is CC(=O)Nc1c2c(cc3c1CCC3)CCC2.CCC1CCOCC/C(C)=C(\C)C=N1.O.[HH].[HH]. The first kappa shape index (κ1) is 25.3. The van der Waals surface area contributed by atoms with Crippen molar-refractivity contribution < 1.29 is 17.9 Å². The third kappa shape index (κ3) is 6.75. The van der Waals surface area contributed by atoms with Gasteiger partial charge in [0.05, 0.1) is 12.6 Å². The number of aryl methyl sites for hydroxylation is 2. The van der Waals surface area contributed by atoms with Crippen LogP contribution >= 0.6 is 0 Å². The van der Waals surface area contributed by atoms with Gasteiger partial charge in [-0.3, -0.25) is 9.79 Å². The molecule has 0 saturated carbocycles. The molecular formula is C26H44N2O3. The highest BCUT2D eigenvalue weighted by Crippen LogP contribution is 2.38. The van der Waals surface area contributed by atoms with Crippen LogP contribution in [0.4, 0.5) is 5.69 Å². The van der Waals surface area contributed by atoms with E-state index >= 15 is 0 Å².